The molecule has 0 saturated carbocycles. The first-order chi connectivity index (χ1) is 16.4. The fraction of sp³-hybridized carbons (Fsp3) is 0.565. The molecule has 0 amide bonds. The third-order valence-corrected chi connectivity index (χ3v) is 8.51. The molecule has 184 valence electrons. The van der Waals surface area contributed by atoms with Crippen molar-refractivity contribution in [2.24, 2.45) is 0 Å². The first-order valence-corrected chi connectivity index (χ1v) is 13.3. The van der Waals surface area contributed by atoms with Crippen molar-refractivity contribution in [3.63, 3.8) is 0 Å². The summed E-state index contributed by atoms with van der Waals surface area (Å²) in [5, 5.41) is 4.10. The fourth-order valence-electron chi connectivity index (χ4n) is 4.76. The Bertz CT molecular complexity index is 1240. The standard InChI is InChI=1S/C23H32N6O4S/c1-3-29-22-5-4-20(34(30,31)28-10-12-32-13-11-28)15-21(22)24-23(29)17-27-8-6-26(7-9-27)16-19-14-18(2)33-25-19/h4-5,14-15H,3,6-13,16-17H2,1-2H3. The minimum absolute atomic E-state index is 0.297. The number of nitrogens with zero attached hydrogens (tertiary/aromatic N) is 6. The van der Waals surface area contributed by atoms with Crippen LogP contribution >= 0.6 is 0 Å². The Morgan fingerprint density at radius 1 is 0.971 bits per heavy atom. The van der Waals surface area contributed by atoms with Gasteiger partial charge < -0.3 is 13.8 Å². The maximum atomic E-state index is 13.1. The van der Waals surface area contributed by atoms with E-state index >= 15 is 0 Å². The van der Waals surface area contributed by atoms with E-state index in [4.69, 9.17) is 14.2 Å². The molecule has 0 atom stereocenters. The molecule has 5 rings (SSSR count). The summed E-state index contributed by atoms with van der Waals surface area (Å²) < 4.78 is 40.3. The number of sulfonamides is 1. The average molecular weight is 489 g/mol. The quantitative estimate of drug-likeness (QED) is 0.496. The van der Waals surface area contributed by atoms with Crippen LogP contribution < -0.4 is 0 Å². The molecular weight excluding hydrogens is 456 g/mol. The van der Waals surface area contributed by atoms with Gasteiger partial charge in [-0.05, 0) is 32.0 Å². The minimum atomic E-state index is -3.55. The van der Waals surface area contributed by atoms with Crippen LogP contribution in [0.4, 0.5) is 0 Å². The maximum absolute atomic E-state index is 13.1. The minimum Gasteiger partial charge on any atom is -0.379 e. The lowest BCUT2D eigenvalue weighted by molar-refractivity contribution is 0.0730. The van der Waals surface area contributed by atoms with E-state index < -0.39 is 10.0 Å². The summed E-state index contributed by atoms with van der Waals surface area (Å²) in [4.78, 5) is 9.96. The highest BCUT2D eigenvalue weighted by Gasteiger charge is 2.27. The SMILES string of the molecule is CCn1c(CN2CCN(Cc3cc(C)on3)CC2)nc2cc(S(=O)(=O)N3CCOCC3)ccc21. The number of aromatic nitrogens is 3. The lowest BCUT2D eigenvalue weighted by atomic mass is 10.2. The van der Waals surface area contributed by atoms with Crippen LogP contribution in [-0.2, 0) is 34.4 Å². The summed E-state index contributed by atoms with van der Waals surface area (Å²) in [7, 11) is -3.55. The molecule has 0 unspecified atom stereocenters. The molecule has 3 aromatic rings. The molecule has 11 heteroatoms. The van der Waals surface area contributed by atoms with E-state index in [-0.39, 0.29) is 0 Å². The third-order valence-electron chi connectivity index (χ3n) is 6.62. The highest BCUT2D eigenvalue weighted by atomic mass is 32.2. The van der Waals surface area contributed by atoms with E-state index in [0.717, 1.165) is 74.1 Å². The van der Waals surface area contributed by atoms with Crippen LogP contribution in [0.15, 0.2) is 33.7 Å². The van der Waals surface area contributed by atoms with Gasteiger partial charge in [0, 0.05) is 58.4 Å². The van der Waals surface area contributed by atoms with E-state index in [1.54, 1.807) is 12.1 Å². The van der Waals surface area contributed by atoms with Gasteiger partial charge in [0.25, 0.3) is 0 Å². The number of benzene rings is 1. The van der Waals surface area contributed by atoms with E-state index in [1.807, 2.05) is 19.1 Å². The maximum Gasteiger partial charge on any atom is 0.243 e. The van der Waals surface area contributed by atoms with Crippen molar-refractivity contribution >= 4 is 21.1 Å². The van der Waals surface area contributed by atoms with E-state index in [1.165, 1.54) is 4.31 Å². The van der Waals surface area contributed by atoms with Gasteiger partial charge in [-0.3, -0.25) is 9.80 Å². The molecule has 2 saturated heterocycles. The third kappa shape index (κ3) is 4.76. The highest BCUT2D eigenvalue weighted by molar-refractivity contribution is 7.89. The zero-order valence-corrected chi connectivity index (χ0v) is 20.6. The normalized spacial score (nSPS) is 19.2. The zero-order chi connectivity index (χ0) is 23.7. The lowest BCUT2D eigenvalue weighted by Crippen LogP contribution is -2.45. The smallest absolute Gasteiger partial charge is 0.243 e. The number of rotatable bonds is 7. The molecule has 1 aromatic carbocycles. The lowest BCUT2D eigenvalue weighted by Gasteiger charge is -2.34. The molecule has 2 aliphatic heterocycles. The number of morpholine rings is 1. The predicted molar refractivity (Wildman–Crippen MR) is 127 cm³/mol. The number of fused-ring (bicyclic) bond motifs is 1. The molecule has 0 aliphatic carbocycles. The molecule has 0 radical (unpaired) electrons. The van der Waals surface area contributed by atoms with Gasteiger partial charge >= 0.3 is 0 Å². The first kappa shape index (κ1) is 23.4. The van der Waals surface area contributed by atoms with Gasteiger partial charge in [0.2, 0.25) is 10.0 Å². The zero-order valence-electron chi connectivity index (χ0n) is 19.8. The summed E-state index contributed by atoms with van der Waals surface area (Å²) in [5.74, 6) is 1.81. The molecule has 10 nitrogen and oxygen atoms in total. The van der Waals surface area contributed by atoms with Crippen LogP contribution in [0.1, 0.15) is 24.2 Å². The summed E-state index contributed by atoms with van der Waals surface area (Å²) in [6, 6.07) is 7.30. The second kappa shape index (κ2) is 9.74. The first-order valence-electron chi connectivity index (χ1n) is 11.9. The molecule has 2 aliphatic rings. The van der Waals surface area contributed by atoms with Gasteiger partial charge in [-0.15, -0.1) is 0 Å². The molecule has 2 aromatic heterocycles. The Morgan fingerprint density at radius 2 is 1.68 bits per heavy atom. The van der Waals surface area contributed by atoms with Crippen molar-refractivity contribution in [3.05, 3.63) is 41.5 Å². The largest absolute Gasteiger partial charge is 0.379 e. The van der Waals surface area contributed by atoms with Crippen LogP contribution in [0, 0.1) is 6.92 Å². The van der Waals surface area contributed by atoms with Gasteiger partial charge in [-0.25, -0.2) is 13.4 Å². The van der Waals surface area contributed by atoms with Crippen molar-refractivity contribution in [1.82, 2.24) is 28.8 Å². The van der Waals surface area contributed by atoms with Gasteiger partial charge in [-0.2, -0.15) is 4.31 Å². The van der Waals surface area contributed by atoms with E-state index in [9.17, 15) is 8.42 Å². The van der Waals surface area contributed by atoms with Crippen molar-refractivity contribution in [2.75, 3.05) is 52.5 Å². The topological polar surface area (TPSA) is 96.9 Å². The van der Waals surface area contributed by atoms with Gasteiger partial charge in [0.15, 0.2) is 0 Å². The number of imidazole rings is 1. The van der Waals surface area contributed by atoms with Gasteiger partial charge in [0.05, 0.1) is 41.4 Å². The van der Waals surface area contributed by atoms with Gasteiger partial charge in [-0.1, -0.05) is 5.16 Å². The molecule has 4 heterocycles. The van der Waals surface area contributed by atoms with Crippen LogP contribution in [-0.4, -0.2) is 89.7 Å². The summed E-state index contributed by atoms with van der Waals surface area (Å²) in [6.07, 6.45) is 0. The Kier molecular flexibility index (Phi) is 6.72. The molecule has 34 heavy (non-hydrogen) atoms. The molecule has 2 fully saturated rings. The number of piperazine rings is 1. The molecule has 0 N–H and O–H groups in total. The van der Waals surface area contributed by atoms with Crippen molar-refractivity contribution < 1.29 is 17.7 Å². The summed E-state index contributed by atoms with van der Waals surface area (Å²) >= 11 is 0. The van der Waals surface area contributed by atoms with Crippen LogP contribution in [0.5, 0.6) is 0 Å². The molecule has 0 bridgehead atoms. The monoisotopic (exact) mass is 488 g/mol. The predicted octanol–water partition coefficient (Wildman–Crippen LogP) is 1.69. The average Bonchev–Trinajstić information content (AvgIpc) is 3.42. The number of aryl methyl sites for hydroxylation is 2. The van der Waals surface area contributed by atoms with Crippen LogP contribution in [0.25, 0.3) is 11.0 Å². The molecule has 0 spiro atoms. The Balaban J connectivity index is 1.29. The van der Waals surface area contributed by atoms with E-state index in [0.29, 0.717) is 31.2 Å². The Labute approximate surface area is 200 Å². The number of hydrogen-bond donors (Lipinski definition) is 0. The van der Waals surface area contributed by atoms with Crippen LogP contribution in [0.3, 0.4) is 0 Å². The van der Waals surface area contributed by atoms with Crippen LogP contribution in [0.2, 0.25) is 0 Å². The molecular formula is C23H32N6O4S. The summed E-state index contributed by atoms with van der Waals surface area (Å²) in [6.45, 7) is 11.8. The Morgan fingerprint density at radius 3 is 2.32 bits per heavy atom. The van der Waals surface area contributed by atoms with Crippen molar-refractivity contribution in [1.29, 1.82) is 0 Å². The highest BCUT2D eigenvalue weighted by Crippen LogP contribution is 2.24. The second-order valence-electron chi connectivity index (χ2n) is 8.92. The van der Waals surface area contributed by atoms with E-state index in [2.05, 4.69) is 26.4 Å². The summed E-state index contributed by atoms with van der Waals surface area (Å²) in [5.41, 5.74) is 2.67. The van der Waals surface area contributed by atoms with Crippen molar-refractivity contribution in [3.8, 4) is 0 Å². The Hall–Kier alpha value is -2.31. The van der Waals surface area contributed by atoms with Crippen molar-refractivity contribution in [2.45, 2.75) is 38.4 Å². The second-order valence-corrected chi connectivity index (χ2v) is 10.9. The fourth-order valence-corrected chi connectivity index (χ4v) is 6.19. The van der Waals surface area contributed by atoms with Gasteiger partial charge in [0.1, 0.15) is 11.6 Å². The number of ether oxygens (including phenoxy) is 1. The number of hydrogen-bond acceptors (Lipinski definition) is 8.